The predicted octanol–water partition coefficient (Wildman–Crippen LogP) is 5.02. The van der Waals surface area contributed by atoms with Gasteiger partial charge in [0.2, 0.25) is 9.70 Å². The van der Waals surface area contributed by atoms with Crippen LogP contribution >= 0.6 is 47.0 Å². The fraction of sp³-hybridized carbons (Fsp3) is 0.273. The quantitative estimate of drug-likeness (QED) is 0.344. The first-order chi connectivity index (χ1) is 14.8. The van der Waals surface area contributed by atoms with E-state index in [0.717, 1.165) is 17.7 Å². The van der Waals surface area contributed by atoms with Crippen LogP contribution in [0.1, 0.15) is 12.0 Å². The molecular weight excluding hydrogens is 477 g/mol. The topological polar surface area (TPSA) is 44.8 Å². The first-order valence-corrected chi connectivity index (χ1v) is 11.2. The van der Waals surface area contributed by atoms with Crippen LogP contribution < -0.4 is 15.0 Å². The Morgan fingerprint density at radius 3 is 2.48 bits per heavy atom. The summed E-state index contributed by atoms with van der Waals surface area (Å²) in [5, 5.41) is 3.23. The zero-order valence-electron chi connectivity index (χ0n) is 16.8. The average Bonchev–Trinajstić information content (AvgIpc) is 2.76. The molecule has 0 spiro atoms. The van der Waals surface area contributed by atoms with Crippen LogP contribution in [0.4, 0.5) is 5.69 Å². The third-order valence-electron chi connectivity index (χ3n) is 4.76. The predicted molar refractivity (Wildman–Crippen MR) is 132 cm³/mol. The van der Waals surface area contributed by atoms with Crippen LogP contribution in [0.3, 0.4) is 0 Å². The number of thiocarbonyl (C=S) groups is 1. The van der Waals surface area contributed by atoms with E-state index in [0.29, 0.717) is 24.0 Å². The number of halogens is 3. The second-order valence-corrected chi connectivity index (χ2v) is 9.58. The highest BCUT2D eigenvalue weighted by molar-refractivity contribution is 7.80. The van der Waals surface area contributed by atoms with E-state index in [1.54, 1.807) is 18.1 Å². The third kappa shape index (κ3) is 6.04. The van der Waals surface area contributed by atoms with Crippen molar-refractivity contribution in [3.05, 3.63) is 66.2 Å². The molecule has 0 aliphatic carbocycles. The zero-order valence-corrected chi connectivity index (χ0v) is 19.9. The Morgan fingerprint density at radius 2 is 1.81 bits per heavy atom. The molecule has 31 heavy (non-hydrogen) atoms. The van der Waals surface area contributed by atoms with Gasteiger partial charge in [-0.15, -0.1) is 0 Å². The van der Waals surface area contributed by atoms with Crippen LogP contribution in [0, 0.1) is 0 Å². The maximum atomic E-state index is 12.6. The van der Waals surface area contributed by atoms with E-state index >= 15 is 0 Å². The number of hydrogen-bond donors (Lipinski definition) is 1. The van der Waals surface area contributed by atoms with Crippen LogP contribution in [0.2, 0.25) is 0 Å². The molecule has 5 nitrogen and oxygen atoms in total. The van der Waals surface area contributed by atoms with Gasteiger partial charge in [-0.25, -0.2) is 0 Å². The molecule has 9 heteroatoms. The van der Waals surface area contributed by atoms with Crippen molar-refractivity contribution in [3.63, 3.8) is 0 Å². The number of methoxy groups -OCH3 is 1. The summed E-state index contributed by atoms with van der Waals surface area (Å²) in [6, 6.07) is 17.0. The number of amides is 1. The van der Waals surface area contributed by atoms with Gasteiger partial charge in [0.25, 0.3) is 0 Å². The van der Waals surface area contributed by atoms with Gasteiger partial charge < -0.3 is 19.9 Å². The van der Waals surface area contributed by atoms with E-state index in [1.807, 2.05) is 59.5 Å². The third-order valence-corrected chi connectivity index (χ3v) is 5.84. The summed E-state index contributed by atoms with van der Waals surface area (Å²) in [5.41, 5.74) is 1.71. The molecule has 1 fully saturated rings. The number of carbonyl (C=O) groups excluding carboxylic acids is 1. The van der Waals surface area contributed by atoms with E-state index in [1.165, 1.54) is 6.08 Å². The number of hydrogen-bond acceptors (Lipinski definition) is 3. The molecule has 164 valence electrons. The molecule has 1 atom stereocenters. The van der Waals surface area contributed by atoms with Gasteiger partial charge in [-0.1, -0.05) is 77.3 Å². The number of carbonyl (C=O) groups is 1. The summed E-state index contributed by atoms with van der Waals surface area (Å²) in [6.07, 6.45) is 2.91. The zero-order chi connectivity index (χ0) is 22.4. The Labute approximate surface area is 202 Å². The highest BCUT2D eigenvalue weighted by Crippen LogP contribution is 2.36. The molecule has 1 N–H and O–H groups in total. The number of rotatable bonds is 6. The average molecular weight is 499 g/mol. The van der Waals surface area contributed by atoms with Crippen molar-refractivity contribution in [2.24, 2.45) is 0 Å². The van der Waals surface area contributed by atoms with Crippen LogP contribution in [-0.4, -0.2) is 46.1 Å². The Kier molecular flexibility index (Phi) is 8.06. The molecule has 2 aromatic carbocycles. The molecule has 0 aromatic heterocycles. The van der Waals surface area contributed by atoms with Crippen LogP contribution in [-0.2, 0) is 4.79 Å². The van der Waals surface area contributed by atoms with Gasteiger partial charge in [-0.05, 0) is 42.4 Å². The lowest BCUT2D eigenvalue weighted by molar-refractivity contribution is -0.117. The molecule has 1 aliphatic rings. The normalized spacial score (nSPS) is 15.8. The summed E-state index contributed by atoms with van der Waals surface area (Å²) in [5.74, 6) is 0.296. The Hall–Kier alpha value is -1.99. The maximum Gasteiger partial charge on any atom is 0.245 e. The second kappa shape index (κ2) is 10.6. The Morgan fingerprint density at radius 1 is 1.13 bits per heavy atom. The molecule has 3 rings (SSSR count). The molecule has 1 heterocycles. The molecule has 0 radical (unpaired) electrons. The van der Waals surface area contributed by atoms with E-state index in [4.69, 9.17) is 51.8 Å². The van der Waals surface area contributed by atoms with Crippen molar-refractivity contribution < 1.29 is 9.53 Å². The molecule has 2 aromatic rings. The minimum absolute atomic E-state index is 0.391. The fourth-order valence-corrected chi connectivity index (χ4v) is 4.22. The van der Waals surface area contributed by atoms with Gasteiger partial charge in [0.15, 0.2) is 11.3 Å². The monoisotopic (exact) mass is 497 g/mol. The van der Waals surface area contributed by atoms with Crippen molar-refractivity contribution in [2.75, 3.05) is 25.1 Å². The number of nitrogens with zero attached hydrogens (tertiary/aromatic N) is 2. The summed E-state index contributed by atoms with van der Waals surface area (Å²) in [4.78, 5) is 16.2. The van der Waals surface area contributed by atoms with E-state index < -0.39 is 15.9 Å². The lowest BCUT2D eigenvalue weighted by Crippen LogP contribution is -2.62. The number of benzene rings is 2. The minimum Gasteiger partial charge on any atom is -0.495 e. The molecule has 1 amide bonds. The minimum atomic E-state index is -1.80. The summed E-state index contributed by atoms with van der Waals surface area (Å²) in [7, 11) is 1.60. The van der Waals surface area contributed by atoms with Crippen molar-refractivity contribution in [1.29, 1.82) is 0 Å². The van der Waals surface area contributed by atoms with Gasteiger partial charge in [-0.2, -0.15) is 0 Å². The largest absolute Gasteiger partial charge is 0.495 e. The second-order valence-electron chi connectivity index (χ2n) is 6.85. The number of alkyl halides is 3. The van der Waals surface area contributed by atoms with Gasteiger partial charge in [-0.3, -0.25) is 4.79 Å². The first kappa shape index (κ1) is 23.7. The van der Waals surface area contributed by atoms with Gasteiger partial charge >= 0.3 is 0 Å². The first-order valence-electron chi connectivity index (χ1n) is 9.63. The smallest absolute Gasteiger partial charge is 0.245 e. The van der Waals surface area contributed by atoms with E-state index in [9.17, 15) is 4.79 Å². The van der Waals surface area contributed by atoms with Crippen LogP contribution in [0.25, 0.3) is 6.08 Å². The van der Waals surface area contributed by atoms with Crippen LogP contribution in [0.5, 0.6) is 5.75 Å². The molecule has 0 saturated carbocycles. The van der Waals surface area contributed by atoms with Gasteiger partial charge in [0.1, 0.15) is 5.75 Å². The van der Waals surface area contributed by atoms with E-state index in [2.05, 4.69) is 5.32 Å². The number of nitrogens with one attached hydrogen (secondary N) is 1. The summed E-state index contributed by atoms with van der Waals surface area (Å²) >= 11 is 24.5. The van der Waals surface area contributed by atoms with Crippen molar-refractivity contribution >= 4 is 69.8 Å². The fourth-order valence-electron chi connectivity index (χ4n) is 3.32. The maximum absolute atomic E-state index is 12.6. The van der Waals surface area contributed by atoms with Crippen LogP contribution in [0.15, 0.2) is 60.7 Å². The number of anilines is 1. The van der Waals surface area contributed by atoms with Crippen molar-refractivity contribution in [1.82, 2.24) is 10.2 Å². The van der Waals surface area contributed by atoms with Gasteiger partial charge in [0, 0.05) is 19.2 Å². The van der Waals surface area contributed by atoms with Crippen molar-refractivity contribution in [3.8, 4) is 5.75 Å². The molecule has 1 aliphatic heterocycles. The Balaban J connectivity index is 1.80. The number of para-hydroxylation sites is 2. The highest BCUT2D eigenvalue weighted by Gasteiger charge is 2.42. The lowest BCUT2D eigenvalue weighted by Gasteiger charge is -2.44. The SMILES string of the molecule is COc1ccccc1N1CCCN(C(NC(=O)C=Cc2ccccc2)C(Cl)(Cl)Cl)C1=S. The lowest BCUT2D eigenvalue weighted by atomic mass is 10.2. The Bertz CT molecular complexity index is 951. The van der Waals surface area contributed by atoms with Crippen molar-refractivity contribution in [2.45, 2.75) is 16.4 Å². The molecule has 1 saturated heterocycles. The summed E-state index contributed by atoms with van der Waals surface area (Å²) < 4.78 is 3.67. The van der Waals surface area contributed by atoms with E-state index in [-0.39, 0.29) is 0 Å². The van der Waals surface area contributed by atoms with Gasteiger partial charge in [0.05, 0.1) is 12.8 Å². The number of ether oxygens (including phenoxy) is 1. The molecular formula is C22H22Cl3N3O2S. The standard InChI is InChI=1S/C22H22Cl3N3O2S/c1-30-18-11-6-5-10-17(18)27-14-7-15-28(21(27)31)20(22(23,24)25)26-19(29)13-12-16-8-3-2-4-9-16/h2-6,8-13,20H,7,14-15H2,1H3,(H,26,29). The summed E-state index contributed by atoms with van der Waals surface area (Å²) in [6.45, 7) is 1.22. The molecule has 1 unspecified atom stereocenters. The highest BCUT2D eigenvalue weighted by atomic mass is 35.6. The molecule has 0 bridgehead atoms.